The maximum Gasteiger partial charge on any atom is 0.124 e. The molecular formula is C7H7FS. The van der Waals surface area contributed by atoms with Crippen LogP contribution in [-0.2, 0) is 0 Å². The Morgan fingerprint density at radius 2 is 2.00 bits per heavy atom. The molecule has 48 valence electrons. The minimum absolute atomic E-state index is 0.222. The van der Waals surface area contributed by atoms with E-state index in [1.807, 2.05) is 13.0 Å². The van der Waals surface area contributed by atoms with E-state index < -0.39 is 0 Å². The first-order valence-electron chi connectivity index (χ1n) is 2.64. The van der Waals surface area contributed by atoms with Crippen LogP contribution >= 0.6 is 12.6 Å². The predicted octanol–water partition coefficient (Wildman–Crippen LogP) is 2.42. The summed E-state index contributed by atoms with van der Waals surface area (Å²) in [5.74, 6) is -0.222. The lowest BCUT2D eigenvalue weighted by atomic mass is 10.2. The third-order valence-electron chi connectivity index (χ3n) is 1.03. The molecule has 2 heteroatoms. The Kier molecular flexibility index (Phi) is 1.76. The van der Waals surface area contributed by atoms with Crippen molar-refractivity contribution in [2.24, 2.45) is 0 Å². The molecule has 0 N–H and O–H groups in total. The Bertz CT molecular complexity index is 170. The van der Waals surface area contributed by atoms with Gasteiger partial charge in [0.2, 0.25) is 0 Å². The second-order valence-electron chi connectivity index (χ2n) is 1.99. The quantitative estimate of drug-likeness (QED) is 0.528. The van der Waals surface area contributed by atoms with Crippen LogP contribution in [0.25, 0.3) is 0 Å². The van der Waals surface area contributed by atoms with Gasteiger partial charge in [0.05, 0.1) is 0 Å². The minimum atomic E-state index is -0.222. The van der Waals surface area contributed by atoms with Crippen LogP contribution in [0.5, 0.6) is 0 Å². The van der Waals surface area contributed by atoms with E-state index >= 15 is 0 Å². The van der Waals surface area contributed by atoms with Crippen LogP contribution in [0.1, 0.15) is 5.56 Å². The summed E-state index contributed by atoms with van der Waals surface area (Å²) in [7, 11) is 0. The fourth-order valence-electron chi connectivity index (χ4n) is 0.717. The lowest BCUT2D eigenvalue weighted by molar-refractivity contribution is 0.623. The van der Waals surface area contributed by atoms with E-state index in [4.69, 9.17) is 0 Å². The van der Waals surface area contributed by atoms with Gasteiger partial charge in [-0.1, -0.05) is 0 Å². The van der Waals surface area contributed by atoms with Crippen LogP contribution in [0.3, 0.4) is 0 Å². The summed E-state index contributed by atoms with van der Waals surface area (Å²) in [4.78, 5) is 0.674. The van der Waals surface area contributed by atoms with Crippen molar-refractivity contribution < 1.29 is 4.39 Å². The van der Waals surface area contributed by atoms with Crippen molar-refractivity contribution in [3.05, 3.63) is 29.6 Å². The Hall–Kier alpha value is -0.500. The number of thiol groups is 1. The van der Waals surface area contributed by atoms with Gasteiger partial charge in [0.25, 0.3) is 0 Å². The minimum Gasteiger partial charge on any atom is -0.207 e. The second-order valence-corrected chi connectivity index (χ2v) is 2.50. The lowest BCUT2D eigenvalue weighted by Gasteiger charge is -1.93. The first-order valence-corrected chi connectivity index (χ1v) is 3.09. The zero-order valence-electron chi connectivity index (χ0n) is 5.06. The van der Waals surface area contributed by atoms with Crippen LogP contribution in [0.4, 0.5) is 4.39 Å². The molecule has 0 spiro atoms. The molecule has 0 nitrogen and oxygen atoms in total. The van der Waals surface area contributed by atoms with Crippen molar-refractivity contribution in [3.8, 4) is 0 Å². The highest BCUT2D eigenvalue weighted by Gasteiger charge is 1.91. The highest BCUT2D eigenvalue weighted by molar-refractivity contribution is 7.80. The summed E-state index contributed by atoms with van der Waals surface area (Å²) < 4.78 is 12.4. The molecule has 0 unspecified atom stereocenters. The van der Waals surface area contributed by atoms with E-state index in [0.717, 1.165) is 5.56 Å². The van der Waals surface area contributed by atoms with E-state index in [1.54, 1.807) is 0 Å². The van der Waals surface area contributed by atoms with Crippen LogP contribution < -0.4 is 0 Å². The molecule has 0 atom stereocenters. The molecule has 0 heterocycles. The SMILES string of the molecule is Cc1cc(F)cc(S)c1. The molecule has 0 aliphatic carbocycles. The van der Waals surface area contributed by atoms with Gasteiger partial charge in [-0.3, -0.25) is 0 Å². The molecule has 0 amide bonds. The average molecular weight is 142 g/mol. The predicted molar refractivity (Wildman–Crippen MR) is 38.4 cm³/mol. The number of halogens is 1. The maximum atomic E-state index is 12.4. The Balaban J connectivity index is 3.17. The van der Waals surface area contributed by atoms with Gasteiger partial charge in [-0.25, -0.2) is 4.39 Å². The number of aryl methyl sites for hydroxylation is 1. The lowest BCUT2D eigenvalue weighted by Crippen LogP contribution is -1.76. The third kappa shape index (κ3) is 1.72. The van der Waals surface area contributed by atoms with Gasteiger partial charge in [-0.2, -0.15) is 0 Å². The number of hydrogen-bond donors (Lipinski definition) is 1. The van der Waals surface area contributed by atoms with Crippen LogP contribution in [0, 0.1) is 12.7 Å². The van der Waals surface area contributed by atoms with Gasteiger partial charge in [-0.15, -0.1) is 12.6 Å². The fraction of sp³-hybridized carbons (Fsp3) is 0.143. The number of hydrogen-bond acceptors (Lipinski definition) is 1. The standard InChI is InChI=1S/C7H7FS/c1-5-2-6(8)4-7(9)3-5/h2-4,9H,1H3. The monoisotopic (exact) mass is 142 g/mol. The molecule has 0 bridgehead atoms. The molecule has 1 aromatic carbocycles. The average Bonchev–Trinajstić information content (AvgIpc) is 1.59. The van der Waals surface area contributed by atoms with E-state index in [1.165, 1.54) is 12.1 Å². The van der Waals surface area contributed by atoms with Gasteiger partial charge in [-0.05, 0) is 30.7 Å². The molecule has 0 saturated heterocycles. The molecule has 0 aromatic heterocycles. The van der Waals surface area contributed by atoms with E-state index in [9.17, 15) is 4.39 Å². The highest BCUT2D eigenvalue weighted by Crippen LogP contribution is 2.10. The van der Waals surface area contributed by atoms with Crippen LogP contribution in [0.2, 0.25) is 0 Å². The molecule has 1 aromatic rings. The summed E-state index contributed by atoms with van der Waals surface area (Å²) in [5.41, 5.74) is 0.903. The van der Waals surface area contributed by atoms with Crippen LogP contribution in [-0.4, -0.2) is 0 Å². The molecule has 0 aliphatic rings. The zero-order chi connectivity index (χ0) is 6.85. The first-order chi connectivity index (χ1) is 4.18. The largest absolute Gasteiger partial charge is 0.207 e. The molecule has 0 saturated carbocycles. The summed E-state index contributed by atoms with van der Waals surface area (Å²) in [6.45, 7) is 1.84. The van der Waals surface area contributed by atoms with E-state index in [2.05, 4.69) is 12.6 Å². The Morgan fingerprint density at radius 1 is 1.33 bits per heavy atom. The molecular weight excluding hydrogens is 135 g/mol. The number of rotatable bonds is 0. The first kappa shape index (κ1) is 6.62. The smallest absolute Gasteiger partial charge is 0.124 e. The van der Waals surface area contributed by atoms with Gasteiger partial charge in [0.1, 0.15) is 5.82 Å². The molecule has 0 aliphatic heterocycles. The normalized spacial score (nSPS) is 9.67. The Morgan fingerprint density at radius 3 is 2.44 bits per heavy atom. The van der Waals surface area contributed by atoms with Crippen molar-refractivity contribution in [1.82, 2.24) is 0 Å². The topological polar surface area (TPSA) is 0 Å². The summed E-state index contributed by atoms with van der Waals surface area (Å²) in [6.07, 6.45) is 0. The van der Waals surface area contributed by atoms with Crippen molar-refractivity contribution in [3.63, 3.8) is 0 Å². The van der Waals surface area contributed by atoms with Crippen molar-refractivity contribution in [2.45, 2.75) is 11.8 Å². The van der Waals surface area contributed by atoms with Gasteiger partial charge in [0.15, 0.2) is 0 Å². The van der Waals surface area contributed by atoms with Crippen molar-refractivity contribution >= 4 is 12.6 Å². The van der Waals surface area contributed by atoms with E-state index in [-0.39, 0.29) is 5.82 Å². The van der Waals surface area contributed by atoms with E-state index in [0.29, 0.717) is 4.90 Å². The molecule has 1 rings (SSSR count). The summed E-state index contributed by atoms with van der Waals surface area (Å²) in [6, 6.07) is 4.67. The van der Waals surface area contributed by atoms with Crippen LogP contribution in [0.15, 0.2) is 23.1 Å². The molecule has 9 heavy (non-hydrogen) atoms. The van der Waals surface area contributed by atoms with Gasteiger partial charge >= 0.3 is 0 Å². The summed E-state index contributed by atoms with van der Waals surface area (Å²) in [5, 5.41) is 0. The Labute approximate surface area is 59.1 Å². The van der Waals surface area contributed by atoms with Crippen molar-refractivity contribution in [1.29, 1.82) is 0 Å². The fourth-order valence-corrected chi connectivity index (χ4v) is 1.04. The third-order valence-corrected chi connectivity index (χ3v) is 1.29. The number of benzene rings is 1. The van der Waals surface area contributed by atoms with Crippen molar-refractivity contribution in [2.75, 3.05) is 0 Å². The second kappa shape index (κ2) is 2.40. The van der Waals surface area contributed by atoms with Gasteiger partial charge in [0, 0.05) is 4.90 Å². The molecule has 0 radical (unpaired) electrons. The molecule has 0 fully saturated rings. The summed E-state index contributed by atoms with van der Waals surface area (Å²) >= 11 is 3.98. The zero-order valence-corrected chi connectivity index (χ0v) is 5.95. The highest BCUT2D eigenvalue weighted by atomic mass is 32.1. The maximum absolute atomic E-state index is 12.4. The van der Waals surface area contributed by atoms with Gasteiger partial charge < -0.3 is 0 Å².